The maximum absolute atomic E-state index is 13.7. The van der Waals surface area contributed by atoms with Crippen LogP contribution in [0, 0.1) is 5.82 Å². The van der Waals surface area contributed by atoms with Crippen molar-refractivity contribution in [2.45, 2.75) is 13.0 Å². The molecule has 25 heavy (non-hydrogen) atoms. The summed E-state index contributed by atoms with van der Waals surface area (Å²) in [6.07, 6.45) is 0.833. The lowest BCUT2D eigenvalue weighted by molar-refractivity contribution is 0.134. The zero-order valence-electron chi connectivity index (χ0n) is 14.3. The highest BCUT2D eigenvalue weighted by Gasteiger charge is 2.21. The largest absolute Gasteiger partial charge is 0.338 e. The van der Waals surface area contributed by atoms with E-state index in [9.17, 15) is 9.18 Å². The van der Waals surface area contributed by atoms with Crippen LogP contribution in [0.15, 0.2) is 54.6 Å². The van der Waals surface area contributed by atoms with Crippen LogP contribution >= 0.6 is 0 Å². The number of carbonyl (C=O) groups is 1. The Balaban J connectivity index is 1.39. The van der Waals surface area contributed by atoms with Crippen molar-refractivity contribution >= 4 is 6.03 Å². The first-order valence-electron chi connectivity index (χ1n) is 8.75. The number of nitrogens with one attached hydrogen (secondary N) is 1. The molecule has 1 aliphatic heterocycles. The van der Waals surface area contributed by atoms with E-state index >= 15 is 0 Å². The van der Waals surface area contributed by atoms with E-state index in [4.69, 9.17) is 0 Å². The van der Waals surface area contributed by atoms with Crippen molar-refractivity contribution in [3.8, 4) is 0 Å². The maximum Gasteiger partial charge on any atom is 0.317 e. The Hall–Kier alpha value is -2.40. The van der Waals surface area contributed by atoms with Gasteiger partial charge in [0.25, 0.3) is 0 Å². The molecule has 1 saturated heterocycles. The molecule has 2 aromatic rings. The first kappa shape index (κ1) is 17.4. The Morgan fingerprint density at radius 3 is 2.36 bits per heavy atom. The van der Waals surface area contributed by atoms with Gasteiger partial charge in [-0.3, -0.25) is 4.90 Å². The van der Waals surface area contributed by atoms with Crippen LogP contribution in [0.2, 0.25) is 0 Å². The minimum absolute atomic E-state index is 0.0125. The van der Waals surface area contributed by atoms with Crippen LogP contribution in [0.3, 0.4) is 0 Å². The molecule has 0 aromatic heterocycles. The Labute approximate surface area is 148 Å². The predicted molar refractivity (Wildman–Crippen MR) is 96.8 cm³/mol. The highest BCUT2D eigenvalue weighted by atomic mass is 19.1. The molecule has 0 bridgehead atoms. The van der Waals surface area contributed by atoms with Gasteiger partial charge >= 0.3 is 6.03 Å². The maximum atomic E-state index is 13.7. The van der Waals surface area contributed by atoms with Crippen molar-refractivity contribution in [2.24, 2.45) is 0 Å². The molecule has 2 amide bonds. The highest BCUT2D eigenvalue weighted by Crippen LogP contribution is 2.12. The van der Waals surface area contributed by atoms with Gasteiger partial charge in [-0.25, -0.2) is 9.18 Å². The summed E-state index contributed by atoms with van der Waals surface area (Å²) in [4.78, 5) is 16.3. The predicted octanol–water partition coefficient (Wildman–Crippen LogP) is 2.90. The fraction of sp³-hybridized carbons (Fsp3) is 0.350. The third-order valence-corrected chi connectivity index (χ3v) is 4.54. The SMILES string of the molecule is O=C(NCCc1ccccc1)N1CCN(Cc2ccccc2F)CC1. The number of nitrogens with zero attached hydrogens (tertiary/aromatic N) is 2. The number of hydrogen-bond donors (Lipinski definition) is 1. The van der Waals surface area contributed by atoms with E-state index in [1.165, 1.54) is 11.6 Å². The third-order valence-electron chi connectivity index (χ3n) is 4.54. The quantitative estimate of drug-likeness (QED) is 0.908. The molecule has 0 saturated carbocycles. The van der Waals surface area contributed by atoms with Crippen LogP contribution in [0.1, 0.15) is 11.1 Å². The summed E-state index contributed by atoms with van der Waals surface area (Å²) in [5.74, 6) is -0.163. The van der Waals surface area contributed by atoms with E-state index in [-0.39, 0.29) is 11.8 Å². The number of carbonyl (C=O) groups excluding carboxylic acids is 1. The molecular weight excluding hydrogens is 317 g/mol. The smallest absolute Gasteiger partial charge is 0.317 e. The average Bonchev–Trinajstić information content (AvgIpc) is 2.65. The molecule has 0 aliphatic carbocycles. The van der Waals surface area contributed by atoms with Crippen molar-refractivity contribution < 1.29 is 9.18 Å². The monoisotopic (exact) mass is 341 g/mol. The lowest BCUT2D eigenvalue weighted by Crippen LogP contribution is -2.51. The molecule has 132 valence electrons. The summed E-state index contributed by atoms with van der Waals surface area (Å²) >= 11 is 0. The van der Waals surface area contributed by atoms with Gasteiger partial charge in [0.05, 0.1) is 0 Å². The van der Waals surface area contributed by atoms with Crippen LogP contribution in [-0.2, 0) is 13.0 Å². The number of halogens is 1. The van der Waals surface area contributed by atoms with E-state index in [2.05, 4.69) is 22.3 Å². The second kappa shape index (κ2) is 8.62. The third kappa shape index (κ3) is 5.03. The lowest BCUT2D eigenvalue weighted by atomic mass is 10.1. The van der Waals surface area contributed by atoms with Crippen LogP contribution in [0.5, 0.6) is 0 Å². The van der Waals surface area contributed by atoms with Crippen molar-refractivity contribution in [2.75, 3.05) is 32.7 Å². The molecule has 3 rings (SSSR count). The van der Waals surface area contributed by atoms with Gasteiger partial charge in [0.2, 0.25) is 0 Å². The van der Waals surface area contributed by atoms with Crippen LogP contribution < -0.4 is 5.32 Å². The van der Waals surface area contributed by atoms with Crippen molar-refractivity contribution in [1.82, 2.24) is 15.1 Å². The summed E-state index contributed by atoms with van der Waals surface area (Å²) in [6, 6.07) is 17.0. The number of hydrogen-bond acceptors (Lipinski definition) is 2. The summed E-state index contributed by atoms with van der Waals surface area (Å²) in [5, 5.41) is 2.98. The van der Waals surface area contributed by atoms with Gasteiger partial charge < -0.3 is 10.2 Å². The summed E-state index contributed by atoms with van der Waals surface area (Å²) < 4.78 is 13.7. The van der Waals surface area contributed by atoms with E-state index < -0.39 is 0 Å². The fourth-order valence-electron chi connectivity index (χ4n) is 3.05. The Bertz CT molecular complexity index is 684. The summed E-state index contributed by atoms with van der Waals surface area (Å²) in [7, 11) is 0. The van der Waals surface area contributed by atoms with E-state index in [0.717, 1.165) is 19.5 Å². The molecular formula is C20H24FN3O. The topological polar surface area (TPSA) is 35.6 Å². The van der Waals surface area contributed by atoms with Gasteiger partial charge in [-0.1, -0.05) is 48.5 Å². The average molecular weight is 341 g/mol. The van der Waals surface area contributed by atoms with Crippen molar-refractivity contribution in [3.63, 3.8) is 0 Å². The molecule has 2 aromatic carbocycles. The zero-order valence-corrected chi connectivity index (χ0v) is 14.3. The molecule has 1 aliphatic rings. The van der Waals surface area contributed by atoms with Gasteiger partial charge in [-0.15, -0.1) is 0 Å². The molecule has 0 spiro atoms. The van der Waals surface area contributed by atoms with Crippen LogP contribution in [-0.4, -0.2) is 48.6 Å². The van der Waals surface area contributed by atoms with Gasteiger partial charge in [-0.2, -0.15) is 0 Å². The van der Waals surface area contributed by atoms with Gasteiger partial charge in [0, 0.05) is 44.8 Å². The molecule has 1 N–H and O–H groups in total. The first-order chi connectivity index (χ1) is 12.2. The summed E-state index contributed by atoms with van der Waals surface area (Å²) in [6.45, 7) is 4.10. The standard InChI is InChI=1S/C20H24FN3O/c21-19-9-5-4-8-18(19)16-23-12-14-24(15-13-23)20(25)22-11-10-17-6-2-1-3-7-17/h1-9H,10-16H2,(H,22,25). The minimum Gasteiger partial charge on any atom is -0.338 e. The highest BCUT2D eigenvalue weighted by molar-refractivity contribution is 5.74. The van der Waals surface area contributed by atoms with Gasteiger partial charge in [0.1, 0.15) is 5.82 Å². The number of piperazine rings is 1. The second-order valence-electron chi connectivity index (χ2n) is 6.32. The normalized spacial score (nSPS) is 15.2. The molecule has 4 nitrogen and oxygen atoms in total. The van der Waals surface area contributed by atoms with E-state index in [1.807, 2.05) is 35.2 Å². The van der Waals surface area contributed by atoms with Gasteiger partial charge in [-0.05, 0) is 18.1 Å². The number of urea groups is 1. The molecule has 0 radical (unpaired) electrons. The first-order valence-corrected chi connectivity index (χ1v) is 8.75. The van der Waals surface area contributed by atoms with Gasteiger partial charge in [0.15, 0.2) is 0 Å². The van der Waals surface area contributed by atoms with Crippen LogP contribution in [0.25, 0.3) is 0 Å². The molecule has 1 heterocycles. The second-order valence-corrected chi connectivity index (χ2v) is 6.32. The Kier molecular flexibility index (Phi) is 6.01. The molecule has 5 heteroatoms. The number of amides is 2. The number of rotatable bonds is 5. The molecule has 0 unspecified atom stereocenters. The lowest BCUT2D eigenvalue weighted by Gasteiger charge is -2.34. The summed E-state index contributed by atoms with van der Waals surface area (Å²) in [5.41, 5.74) is 1.93. The van der Waals surface area contributed by atoms with Crippen LogP contribution in [0.4, 0.5) is 9.18 Å². The zero-order chi connectivity index (χ0) is 17.5. The van der Waals surface area contributed by atoms with Crippen molar-refractivity contribution in [1.29, 1.82) is 0 Å². The van der Waals surface area contributed by atoms with Crippen molar-refractivity contribution in [3.05, 3.63) is 71.5 Å². The molecule has 0 atom stereocenters. The minimum atomic E-state index is -0.163. The fourth-order valence-corrected chi connectivity index (χ4v) is 3.05. The van der Waals surface area contributed by atoms with E-state index in [1.54, 1.807) is 6.07 Å². The number of benzene rings is 2. The molecule has 1 fully saturated rings. The Morgan fingerprint density at radius 1 is 0.960 bits per heavy atom. The van der Waals surface area contributed by atoms with E-state index in [0.29, 0.717) is 31.7 Å². The Morgan fingerprint density at radius 2 is 1.64 bits per heavy atom.